The average Bonchev–Trinajstić information content (AvgIpc) is 2.36. The first kappa shape index (κ1) is 13.8. The van der Waals surface area contributed by atoms with Gasteiger partial charge in [0, 0.05) is 10.4 Å². The van der Waals surface area contributed by atoms with Gasteiger partial charge in [-0.05, 0) is 67.7 Å². The van der Waals surface area contributed by atoms with Crippen molar-refractivity contribution in [3.63, 3.8) is 0 Å². The molecule has 5 aliphatic carbocycles. The molecule has 1 aromatic carbocycles. The molecule has 3 bridgehead atoms. The number of rotatable bonds is 4. The number of sulfone groups is 1. The maximum absolute atomic E-state index is 12.6. The number of hydrogen-bond donors (Lipinski definition) is 0. The smallest absolute Gasteiger partial charge is 0.185 e. The Morgan fingerprint density at radius 1 is 1.14 bits per heavy atom. The second-order valence-electron chi connectivity index (χ2n) is 7.25. The van der Waals surface area contributed by atoms with Crippen molar-refractivity contribution >= 4 is 27.2 Å². The third-order valence-electron chi connectivity index (χ3n) is 5.63. The topological polar surface area (TPSA) is 51.2 Å². The van der Waals surface area contributed by atoms with Crippen molar-refractivity contribution in [1.82, 2.24) is 0 Å². The van der Waals surface area contributed by atoms with Gasteiger partial charge in [0.2, 0.25) is 0 Å². The second-order valence-corrected chi connectivity index (χ2v) is 9.67. The Morgan fingerprint density at radius 2 is 1.76 bits per heavy atom. The maximum atomic E-state index is 12.6. The molecule has 5 heteroatoms. The molecule has 1 spiro atoms. The van der Waals surface area contributed by atoms with E-state index in [9.17, 15) is 13.2 Å². The third kappa shape index (κ3) is 1.99. The van der Waals surface area contributed by atoms with E-state index in [-0.39, 0.29) is 21.8 Å². The van der Waals surface area contributed by atoms with Crippen LogP contribution in [0.1, 0.15) is 32.1 Å². The lowest BCUT2D eigenvalue weighted by atomic mass is 9.33. The monoisotopic (exact) mass is 324 g/mol. The zero-order chi connectivity index (χ0) is 14.9. The molecular formula is C16H17ClO3S. The van der Waals surface area contributed by atoms with E-state index in [4.69, 9.17) is 11.6 Å². The van der Waals surface area contributed by atoms with Gasteiger partial charge >= 0.3 is 0 Å². The molecule has 6 rings (SSSR count). The van der Waals surface area contributed by atoms with E-state index in [1.165, 1.54) is 25.0 Å². The Hall–Kier alpha value is -0.870. The molecule has 112 valence electrons. The molecule has 0 amide bonds. The largest absolute Gasteiger partial charge is 0.298 e. The first-order valence-corrected chi connectivity index (χ1v) is 9.37. The van der Waals surface area contributed by atoms with E-state index in [1.807, 2.05) is 0 Å². The van der Waals surface area contributed by atoms with Crippen LogP contribution in [0.3, 0.4) is 0 Å². The van der Waals surface area contributed by atoms with Crippen molar-refractivity contribution in [2.45, 2.75) is 37.0 Å². The van der Waals surface area contributed by atoms with E-state index in [0.717, 1.165) is 19.3 Å². The van der Waals surface area contributed by atoms with Gasteiger partial charge in [0.15, 0.2) is 15.6 Å². The van der Waals surface area contributed by atoms with E-state index in [2.05, 4.69) is 0 Å². The zero-order valence-electron chi connectivity index (χ0n) is 11.6. The van der Waals surface area contributed by atoms with E-state index in [1.54, 1.807) is 12.1 Å². The highest BCUT2D eigenvalue weighted by Crippen LogP contribution is 2.75. The van der Waals surface area contributed by atoms with Crippen LogP contribution in [-0.4, -0.2) is 20.0 Å². The molecule has 21 heavy (non-hydrogen) atoms. The first-order chi connectivity index (χ1) is 9.83. The highest BCUT2D eigenvalue weighted by molar-refractivity contribution is 7.92. The summed E-state index contributed by atoms with van der Waals surface area (Å²) in [6, 6.07) is 6.04. The molecular weight excluding hydrogens is 308 g/mol. The SMILES string of the molecule is O=C(CS(=O)(=O)c1ccc(Cl)cc1)C12CC3CC(C3)(C1)C2. The highest BCUT2D eigenvalue weighted by Gasteiger charge is 2.68. The third-order valence-corrected chi connectivity index (χ3v) is 7.52. The standard InChI is InChI=1S/C16H17ClO3S/c17-12-1-3-13(4-2-12)21(19,20)8-14(18)16-7-11-5-15(6-11,9-16)10-16/h1-4,11H,5-10H2. The molecule has 3 nitrogen and oxygen atoms in total. The molecule has 0 aliphatic heterocycles. The van der Waals surface area contributed by atoms with E-state index >= 15 is 0 Å². The number of benzene rings is 1. The summed E-state index contributed by atoms with van der Waals surface area (Å²) >= 11 is 5.78. The van der Waals surface area contributed by atoms with E-state index in [0.29, 0.717) is 16.4 Å². The number of carbonyl (C=O) groups excluding carboxylic acids is 1. The van der Waals surface area contributed by atoms with Gasteiger partial charge in [-0.25, -0.2) is 8.42 Å². The lowest BCUT2D eigenvalue weighted by Crippen LogP contribution is -2.64. The van der Waals surface area contributed by atoms with Crippen LogP contribution in [0, 0.1) is 16.7 Å². The Bertz CT molecular complexity index is 701. The summed E-state index contributed by atoms with van der Waals surface area (Å²) < 4.78 is 24.8. The molecule has 0 N–H and O–H groups in total. The molecule has 0 atom stereocenters. The van der Waals surface area contributed by atoms with Crippen molar-refractivity contribution in [1.29, 1.82) is 0 Å². The zero-order valence-corrected chi connectivity index (χ0v) is 13.2. The van der Waals surface area contributed by atoms with Gasteiger partial charge in [0.1, 0.15) is 5.75 Å². The lowest BCUT2D eigenvalue weighted by molar-refractivity contribution is -0.206. The molecule has 5 saturated carbocycles. The van der Waals surface area contributed by atoms with Gasteiger partial charge in [-0.1, -0.05) is 11.6 Å². The summed E-state index contributed by atoms with van der Waals surface area (Å²) in [5, 5.41) is 0.493. The van der Waals surface area contributed by atoms with Crippen molar-refractivity contribution in [2.24, 2.45) is 16.7 Å². The van der Waals surface area contributed by atoms with Gasteiger partial charge in [0.25, 0.3) is 0 Å². The van der Waals surface area contributed by atoms with Crippen LogP contribution in [0.4, 0.5) is 0 Å². The minimum absolute atomic E-state index is 0.0718. The molecule has 0 aromatic heterocycles. The summed E-state index contributed by atoms with van der Waals surface area (Å²) in [5.74, 6) is 0.226. The minimum Gasteiger partial charge on any atom is -0.298 e. The fraction of sp³-hybridized carbons (Fsp3) is 0.562. The van der Waals surface area contributed by atoms with Crippen molar-refractivity contribution < 1.29 is 13.2 Å². The predicted octanol–water partition coefficient (Wildman–Crippen LogP) is 3.26. The molecule has 5 fully saturated rings. The highest BCUT2D eigenvalue weighted by atomic mass is 35.5. The van der Waals surface area contributed by atoms with Crippen molar-refractivity contribution in [3.8, 4) is 0 Å². The van der Waals surface area contributed by atoms with Crippen LogP contribution < -0.4 is 0 Å². The normalized spacial score (nSPS) is 36.5. The Kier molecular flexibility index (Phi) is 2.69. The van der Waals surface area contributed by atoms with Gasteiger partial charge < -0.3 is 0 Å². The van der Waals surface area contributed by atoms with Gasteiger partial charge in [-0.15, -0.1) is 0 Å². The van der Waals surface area contributed by atoms with Crippen LogP contribution >= 0.6 is 11.6 Å². The Labute approximate surface area is 129 Å². The minimum atomic E-state index is -3.55. The predicted molar refractivity (Wildman–Crippen MR) is 80.0 cm³/mol. The van der Waals surface area contributed by atoms with Crippen LogP contribution in [0.5, 0.6) is 0 Å². The summed E-state index contributed by atoms with van der Waals surface area (Å²) in [5.41, 5.74) is 0.0866. The van der Waals surface area contributed by atoms with Crippen LogP contribution in [0.2, 0.25) is 5.02 Å². The second kappa shape index (κ2) is 4.11. The first-order valence-electron chi connectivity index (χ1n) is 7.34. The molecule has 5 aliphatic rings. The quantitative estimate of drug-likeness (QED) is 0.854. The summed E-state index contributed by atoms with van der Waals surface area (Å²) in [7, 11) is -3.55. The fourth-order valence-electron chi connectivity index (χ4n) is 5.04. The molecule has 0 saturated heterocycles. The average molecular weight is 325 g/mol. The van der Waals surface area contributed by atoms with Crippen LogP contribution in [-0.2, 0) is 14.6 Å². The number of halogens is 1. The fourth-order valence-corrected chi connectivity index (χ4v) is 6.54. The van der Waals surface area contributed by atoms with Gasteiger partial charge in [-0.3, -0.25) is 4.79 Å². The van der Waals surface area contributed by atoms with Crippen LogP contribution in [0.25, 0.3) is 0 Å². The summed E-state index contributed by atoms with van der Waals surface area (Å²) in [4.78, 5) is 12.8. The number of carbonyl (C=O) groups is 1. The molecule has 0 unspecified atom stereocenters. The number of Topliss-reactive ketones (excluding diaryl/α,β-unsaturated/α-hetero) is 1. The maximum Gasteiger partial charge on any atom is 0.185 e. The van der Waals surface area contributed by atoms with Crippen molar-refractivity contribution in [2.75, 3.05) is 5.75 Å². The molecule has 0 radical (unpaired) electrons. The number of ketones is 1. The van der Waals surface area contributed by atoms with Gasteiger partial charge in [0.05, 0.1) is 4.90 Å². The molecule has 0 heterocycles. The summed E-state index contributed by atoms with van der Waals surface area (Å²) in [6.45, 7) is 0. The van der Waals surface area contributed by atoms with Crippen LogP contribution in [0.15, 0.2) is 29.2 Å². The Morgan fingerprint density at radius 3 is 2.29 bits per heavy atom. The van der Waals surface area contributed by atoms with Gasteiger partial charge in [-0.2, -0.15) is 0 Å². The lowest BCUT2D eigenvalue weighted by Gasteiger charge is -2.70. The summed E-state index contributed by atoms with van der Waals surface area (Å²) in [6.07, 6.45) is 5.26. The Balaban J connectivity index is 1.53. The number of hydrogen-bond acceptors (Lipinski definition) is 3. The van der Waals surface area contributed by atoms with E-state index < -0.39 is 9.84 Å². The van der Waals surface area contributed by atoms with Crippen molar-refractivity contribution in [3.05, 3.63) is 29.3 Å². The molecule has 1 aromatic rings.